The molecule has 3 heterocycles. The number of halogens is 1. The number of carbonyl (C=O) groups excluding carboxylic acids is 1. The van der Waals surface area contributed by atoms with Gasteiger partial charge in [-0.05, 0) is 31.9 Å². The Morgan fingerprint density at radius 1 is 1.35 bits per heavy atom. The molecule has 0 spiro atoms. The average molecular weight is 355 g/mol. The fourth-order valence-corrected chi connectivity index (χ4v) is 3.82. The number of fused-ring (bicyclic) bond motifs is 1. The monoisotopic (exact) mass is 355 g/mol. The number of hydrogen-bond acceptors (Lipinski definition) is 3. The number of amides is 1. The molecule has 26 heavy (non-hydrogen) atoms. The lowest BCUT2D eigenvalue weighted by atomic mass is 9.97. The number of nitrogens with zero attached hydrogens (tertiary/aromatic N) is 2. The Hall–Kier alpha value is -2.47. The van der Waals surface area contributed by atoms with Gasteiger partial charge in [0.05, 0.1) is 17.9 Å². The van der Waals surface area contributed by atoms with E-state index in [0.717, 1.165) is 16.8 Å². The number of benzene rings is 1. The number of carbonyl (C=O) groups is 1. The van der Waals surface area contributed by atoms with Crippen LogP contribution in [-0.4, -0.2) is 40.2 Å². The predicted octanol–water partition coefficient (Wildman–Crippen LogP) is 3.50. The fourth-order valence-electron chi connectivity index (χ4n) is 3.82. The minimum atomic E-state index is -0.220. The van der Waals surface area contributed by atoms with Crippen LogP contribution in [0, 0.1) is 5.82 Å². The standard InChI is InChI=1S/C20H22FN3O2/c1-12-11-16-18(13(2)26-12)22-23-19(16)20(25)24-9-7-14(8-10-24)15-5-3-4-6-17(15)21/h3-7,12-13H,8-11H2,1-2H3,(H,22,23)/t12-,13+/m1/s1. The van der Waals surface area contributed by atoms with Gasteiger partial charge in [-0.1, -0.05) is 24.3 Å². The van der Waals surface area contributed by atoms with Crippen LogP contribution in [0.1, 0.15) is 53.7 Å². The molecule has 6 heteroatoms. The van der Waals surface area contributed by atoms with Crippen molar-refractivity contribution in [3.8, 4) is 0 Å². The van der Waals surface area contributed by atoms with Gasteiger partial charge in [0.1, 0.15) is 5.82 Å². The summed E-state index contributed by atoms with van der Waals surface area (Å²) >= 11 is 0. The van der Waals surface area contributed by atoms with E-state index in [1.807, 2.05) is 26.0 Å². The summed E-state index contributed by atoms with van der Waals surface area (Å²) in [6.07, 6.45) is 3.23. The number of H-pyrrole nitrogens is 1. The van der Waals surface area contributed by atoms with E-state index in [0.29, 0.717) is 37.2 Å². The van der Waals surface area contributed by atoms with Crippen LogP contribution in [0.4, 0.5) is 4.39 Å². The van der Waals surface area contributed by atoms with Crippen LogP contribution >= 0.6 is 0 Å². The number of hydrogen-bond donors (Lipinski definition) is 1. The molecule has 2 aliphatic heterocycles. The summed E-state index contributed by atoms with van der Waals surface area (Å²) in [5, 5.41) is 7.24. The van der Waals surface area contributed by atoms with Gasteiger partial charge in [-0.25, -0.2) is 4.39 Å². The summed E-state index contributed by atoms with van der Waals surface area (Å²) in [7, 11) is 0. The lowest BCUT2D eigenvalue weighted by Gasteiger charge is -2.28. The number of rotatable bonds is 2. The Labute approximate surface area is 151 Å². The molecule has 2 aromatic rings. The van der Waals surface area contributed by atoms with Gasteiger partial charge in [0, 0.05) is 30.6 Å². The van der Waals surface area contributed by atoms with E-state index in [2.05, 4.69) is 10.2 Å². The molecule has 5 nitrogen and oxygen atoms in total. The van der Waals surface area contributed by atoms with Crippen molar-refractivity contribution >= 4 is 11.5 Å². The highest BCUT2D eigenvalue weighted by Crippen LogP contribution is 2.31. The third-order valence-electron chi connectivity index (χ3n) is 5.15. The van der Waals surface area contributed by atoms with Crippen LogP contribution in [0.2, 0.25) is 0 Å². The second kappa shape index (κ2) is 6.68. The van der Waals surface area contributed by atoms with Crippen molar-refractivity contribution in [1.29, 1.82) is 0 Å². The Morgan fingerprint density at radius 3 is 2.88 bits per heavy atom. The Bertz CT molecular complexity index is 874. The Morgan fingerprint density at radius 2 is 2.15 bits per heavy atom. The zero-order valence-electron chi connectivity index (χ0n) is 15.0. The highest BCUT2D eigenvalue weighted by Gasteiger charge is 2.31. The van der Waals surface area contributed by atoms with E-state index in [-0.39, 0.29) is 23.9 Å². The van der Waals surface area contributed by atoms with Crippen LogP contribution in [0.25, 0.3) is 5.57 Å². The molecule has 0 saturated carbocycles. The summed E-state index contributed by atoms with van der Waals surface area (Å²) in [5.41, 5.74) is 3.92. The smallest absolute Gasteiger partial charge is 0.274 e. The number of aromatic nitrogens is 2. The number of nitrogens with one attached hydrogen (secondary N) is 1. The lowest BCUT2D eigenvalue weighted by Crippen LogP contribution is -2.36. The third-order valence-corrected chi connectivity index (χ3v) is 5.15. The zero-order valence-corrected chi connectivity index (χ0v) is 15.0. The molecular weight excluding hydrogens is 333 g/mol. The highest BCUT2D eigenvalue weighted by atomic mass is 19.1. The first kappa shape index (κ1) is 17.0. The quantitative estimate of drug-likeness (QED) is 0.897. The van der Waals surface area contributed by atoms with Crippen LogP contribution in [0.5, 0.6) is 0 Å². The first-order valence-electron chi connectivity index (χ1n) is 9.00. The van der Waals surface area contributed by atoms with E-state index in [1.165, 1.54) is 6.07 Å². The van der Waals surface area contributed by atoms with E-state index in [9.17, 15) is 9.18 Å². The molecule has 136 valence electrons. The summed E-state index contributed by atoms with van der Waals surface area (Å²) in [4.78, 5) is 14.7. The van der Waals surface area contributed by atoms with Crippen molar-refractivity contribution < 1.29 is 13.9 Å². The van der Waals surface area contributed by atoms with Gasteiger partial charge in [0.2, 0.25) is 0 Å². The molecule has 0 fully saturated rings. The molecule has 1 N–H and O–H groups in total. The van der Waals surface area contributed by atoms with E-state index >= 15 is 0 Å². The van der Waals surface area contributed by atoms with E-state index < -0.39 is 0 Å². The summed E-state index contributed by atoms with van der Waals surface area (Å²) in [6.45, 7) is 4.99. The summed E-state index contributed by atoms with van der Waals surface area (Å²) in [6, 6.07) is 6.77. The number of aromatic amines is 1. The van der Waals surface area contributed by atoms with Gasteiger partial charge in [0.15, 0.2) is 5.69 Å². The van der Waals surface area contributed by atoms with E-state index in [1.54, 1.807) is 17.0 Å². The first-order chi connectivity index (χ1) is 12.5. The molecule has 1 aromatic heterocycles. The van der Waals surface area contributed by atoms with Crippen molar-refractivity contribution in [2.45, 2.75) is 38.9 Å². The van der Waals surface area contributed by atoms with Gasteiger partial charge in [-0.2, -0.15) is 5.10 Å². The molecule has 1 aromatic carbocycles. The molecule has 0 saturated heterocycles. The lowest BCUT2D eigenvalue weighted by molar-refractivity contribution is -0.00701. The summed E-state index contributed by atoms with van der Waals surface area (Å²) in [5.74, 6) is -0.296. The van der Waals surface area contributed by atoms with Crippen molar-refractivity contribution in [1.82, 2.24) is 15.1 Å². The molecule has 4 rings (SSSR count). The maximum absolute atomic E-state index is 14.0. The van der Waals surface area contributed by atoms with Crippen molar-refractivity contribution in [2.75, 3.05) is 13.1 Å². The fraction of sp³-hybridized carbons (Fsp3) is 0.400. The molecule has 0 bridgehead atoms. The molecule has 1 amide bonds. The highest BCUT2D eigenvalue weighted by molar-refractivity contribution is 5.94. The Kier molecular flexibility index (Phi) is 4.36. The van der Waals surface area contributed by atoms with Crippen LogP contribution in [0.3, 0.4) is 0 Å². The van der Waals surface area contributed by atoms with Crippen molar-refractivity contribution in [3.63, 3.8) is 0 Å². The summed E-state index contributed by atoms with van der Waals surface area (Å²) < 4.78 is 19.8. The maximum Gasteiger partial charge on any atom is 0.274 e. The average Bonchev–Trinajstić information content (AvgIpc) is 3.06. The maximum atomic E-state index is 14.0. The molecule has 2 atom stereocenters. The molecule has 0 radical (unpaired) electrons. The largest absolute Gasteiger partial charge is 0.369 e. The molecule has 0 unspecified atom stereocenters. The topological polar surface area (TPSA) is 58.2 Å². The van der Waals surface area contributed by atoms with Gasteiger partial charge in [-0.3, -0.25) is 9.89 Å². The molecule has 0 aliphatic carbocycles. The van der Waals surface area contributed by atoms with Crippen LogP contribution in [0.15, 0.2) is 30.3 Å². The van der Waals surface area contributed by atoms with Gasteiger partial charge in [-0.15, -0.1) is 0 Å². The second-order valence-electron chi connectivity index (χ2n) is 6.97. The second-order valence-corrected chi connectivity index (χ2v) is 6.97. The third kappa shape index (κ3) is 2.94. The van der Waals surface area contributed by atoms with Gasteiger partial charge < -0.3 is 9.64 Å². The van der Waals surface area contributed by atoms with Crippen LogP contribution < -0.4 is 0 Å². The molecular formula is C20H22FN3O2. The minimum absolute atomic E-state index is 0.0653. The van der Waals surface area contributed by atoms with Gasteiger partial charge >= 0.3 is 0 Å². The molecule has 2 aliphatic rings. The van der Waals surface area contributed by atoms with Crippen molar-refractivity contribution in [2.24, 2.45) is 0 Å². The minimum Gasteiger partial charge on any atom is -0.369 e. The SMILES string of the molecule is C[C@@H]1Cc2c(C(=O)N3CC=C(c4ccccc4F)CC3)n[nH]c2[C@H](C)O1. The predicted molar refractivity (Wildman–Crippen MR) is 96.2 cm³/mol. The Balaban J connectivity index is 1.54. The normalized spacial score (nSPS) is 22.7. The van der Waals surface area contributed by atoms with Crippen molar-refractivity contribution in [3.05, 3.63) is 58.7 Å². The first-order valence-corrected chi connectivity index (χ1v) is 9.00. The zero-order chi connectivity index (χ0) is 18.3. The number of ether oxygens (including phenoxy) is 1. The van der Waals surface area contributed by atoms with E-state index in [4.69, 9.17) is 4.74 Å². The van der Waals surface area contributed by atoms with Gasteiger partial charge in [0.25, 0.3) is 5.91 Å². The van der Waals surface area contributed by atoms with Crippen LogP contribution in [-0.2, 0) is 11.2 Å².